The van der Waals surface area contributed by atoms with E-state index in [2.05, 4.69) is 20.8 Å². The third-order valence-corrected chi connectivity index (χ3v) is 4.98. The van der Waals surface area contributed by atoms with Gasteiger partial charge in [0.2, 0.25) is 5.91 Å². The number of para-hydroxylation sites is 1. The Labute approximate surface area is 176 Å². The molecular formula is C24H27NO5. The highest BCUT2D eigenvalue weighted by Crippen LogP contribution is 2.30. The van der Waals surface area contributed by atoms with Gasteiger partial charge in [-0.3, -0.25) is 9.59 Å². The van der Waals surface area contributed by atoms with E-state index in [1.165, 1.54) is 0 Å². The van der Waals surface area contributed by atoms with Crippen LogP contribution in [0.15, 0.2) is 48.5 Å². The lowest BCUT2D eigenvalue weighted by atomic mass is 9.86. The number of hydrogen-bond donors (Lipinski definition) is 0. The number of benzene rings is 2. The fraction of sp³-hybridized carbons (Fsp3) is 0.375. The van der Waals surface area contributed by atoms with Gasteiger partial charge in [-0.25, -0.2) is 4.79 Å². The van der Waals surface area contributed by atoms with E-state index in [-0.39, 0.29) is 30.3 Å². The van der Waals surface area contributed by atoms with Crippen molar-refractivity contribution >= 4 is 23.3 Å². The lowest BCUT2D eigenvalue weighted by Crippen LogP contribution is -2.23. The van der Waals surface area contributed by atoms with E-state index < -0.39 is 5.97 Å². The Kier molecular flexibility index (Phi) is 6.55. The number of anilines is 1. The van der Waals surface area contributed by atoms with Crippen LogP contribution < -0.4 is 9.64 Å². The summed E-state index contributed by atoms with van der Waals surface area (Å²) < 4.78 is 10.7. The van der Waals surface area contributed by atoms with Crippen LogP contribution in [0.2, 0.25) is 0 Å². The Morgan fingerprint density at radius 1 is 1.00 bits per heavy atom. The number of rotatable bonds is 7. The van der Waals surface area contributed by atoms with Gasteiger partial charge in [0, 0.05) is 24.2 Å². The second kappa shape index (κ2) is 9.11. The Hall–Kier alpha value is -3.15. The summed E-state index contributed by atoms with van der Waals surface area (Å²) in [6.07, 6.45) is 1.40. The van der Waals surface area contributed by atoms with Crippen molar-refractivity contribution in [2.45, 2.75) is 39.0 Å². The van der Waals surface area contributed by atoms with Gasteiger partial charge in [0.15, 0.2) is 19.0 Å². The van der Waals surface area contributed by atoms with Crippen LogP contribution in [0, 0.1) is 0 Å². The van der Waals surface area contributed by atoms with Crippen LogP contribution in [0.25, 0.3) is 0 Å². The first kappa shape index (κ1) is 21.6. The largest absolute Gasteiger partial charge is 0.482 e. The molecule has 1 aliphatic heterocycles. The summed E-state index contributed by atoms with van der Waals surface area (Å²) in [4.78, 5) is 37.9. The smallest absolute Gasteiger partial charge is 0.344 e. The zero-order chi connectivity index (χ0) is 21.7. The van der Waals surface area contributed by atoms with Gasteiger partial charge in [-0.15, -0.1) is 0 Å². The van der Waals surface area contributed by atoms with Crippen molar-refractivity contribution in [1.82, 2.24) is 0 Å². The van der Waals surface area contributed by atoms with Crippen LogP contribution in [0.3, 0.4) is 0 Å². The van der Waals surface area contributed by atoms with Gasteiger partial charge in [0.05, 0.1) is 0 Å². The van der Waals surface area contributed by atoms with Crippen LogP contribution >= 0.6 is 0 Å². The monoisotopic (exact) mass is 409 g/mol. The van der Waals surface area contributed by atoms with E-state index in [0.717, 1.165) is 17.7 Å². The minimum Gasteiger partial charge on any atom is -0.482 e. The quantitative estimate of drug-likeness (QED) is 0.512. The van der Waals surface area contributed by atoms with Crippen LogP contribution in [-0.2, 0) is 19.7 Å². The number of nitrogens with zero attached hydrogens (tertiary/aromatic N) is 1. The maximum atomic E-state index is 12.3. The van der Waals surface area contributed by atoms with Gasteiger partial charge < -0.3 is 14.4 Å². The van der Waals surface area contributed by atoms with Crippen molar-refractivity contribution in [2.75, 3.05) is 24.7 Å². The predicted molar refractivity (Wildman–Crippen MR) is 114 cm³/mol. The molecule has 2 aromatic rings. The Bertz CT molecular complexity index is 927. The van der Waals surface area contributed by atoms with E-state index in [1.807, 2.05) is 24.3 Å². The molecule has 0 spiro atoms. The molecule has 0 unspecified atom stereocenters. The molecule has 1 heterocycles. The summed E-state index contributed by atoms with van der Waals surface area (Å²) in [6, 6.07) is 14.3. The standard InChI is InChI=1S/C24H27NO5/c1-24(2,3)19-7-4-5-8-21(19)29-16-23(28)30-15-20(26)17-10-12-18(13-11-17)25-14-6-9-22(25)27/h4-5,7-8,10-13H,6,9,14-16H2,1-3H3. The van der Waals surface area contributed by atoms with E-state index in [1.54, 1.807) is 29.2 Å². The molecule has 0 N–H and O–H groups in total. The van der Waals surface area contributed by atoms with Crippen LogP contribution in [0.4, 0.5) is 5.69 Å². The van der Waals surface area contributed by atoms with Crippen molar-refractivity contribution < 1.29 is 23.9 Å². The molecule has 1 saturated heterocycles. The molecule has 0 aliphatic carbocycles. The molecule has 1 aliphatic rings. The molecule has 158 valence electrons. The highest BCUT2D eigenvalue weighted by atomic mass is 16.6. The molecule has 0 atom stereocenters. The van der Waals surface area contributed by atoms with Crippen molar-refractivity contribution in [3.05, 3.63) is 59.7 Å². The number of Topliss-reactive ketones (excluding diaryl/α,β-unsaturated/α-hetero) is 1. The van der Waals surface area contributed by atoms with Gasteiger partial charge in [-0.05, 0) is 47.7 Å². The fourth-order valence-electron chi connectivity index (χ4n) is 3.37. The van der Waals surface area contributed by atoms with Crippen molar-refractivity contribution in [3.8, 4) is 5.75 Å². The SMILES string of the molecule is CC(C)(C)c1ccccc1OCC(=O)OCC(=O)c1ccc(N2CCCC2=O)cc1. The summed E-state index contributed by atoms with van der Waals surface area (Å²) in [6.45, 7) is 6.27. The average molecular weight is 409 g/mol. The molecule has 0 aromatic heterocycles. The Balaban J connectivity index is 1.50. The first-order valence-corrected chi connectivity index (χ1v) is 10.1. The number of amides is 1. The van der Waals surface area contributed by atoms with Crippen LogP contribution in [0.1, 0.15) is 49.5 Å². The van der Waals surface area contributed by atoms with Gasteiger partial charge in [0.1, 0.15) is 5.75 Å². The van der Waals surface area contributed by atoms with E-state index >= 15 is 0 Å². The summed E-state index contributed by atoms with van der Waals surface area (Å²) in [7, 11) is 0. The molecule has 6 heteroatoms. The zero-order valence-electron chi connectivity index (χ0n) is 17.6. The Morgan fingerprint density at radius 2 is 1.70 bits per heavy atom. The number of carbonyl (C=O) groups is 3. The van der Waals surface area contributed by atoms with E-state index in [4.69, 9.17) is 9.47 Å². The van der Waals surface area contributed by atoms with Gasteiger partial charge >= 0.3 is 5.97 Å². The maximum Gasteiger partial charge on any atom is 0.344 e. The Morgan fingerprint density at radius 3 is 2.33 bits per heavy atom. The molecular weight excluding hydrogens is 382 g/mol. The third-order valence-electron chi connectivity index (χ3n) is 4.98. The van der Waals surface area contributed by atoms with Gasteiger partial charge in [-0.1, -0.05) is 39.0 Å². The first-order valence-electron chi connectivity index (χ1n) is 10.1. The van der Waals surface area contributed by atoms with Crippen LogP contribution in [0.5, 0.6) is 5.75 Å². The average Bonchev–Trinajstić information content (AvgIpc) is 3.16. The van der Waals surface area contributed by atoms with E-state index in [9.17, 15) is 14.4 Å². The second-order valence-electron chi connectivity index (χ2n) is 8.31. The molecule has 2 aromatic carbocycles. The van der Waals surface area contributed by atoms with Crippen molar-refractivity contribution in [1.29, 1.82) is 0 Å². The van der Waals surface area contributed by atoms with Crippen LogP contribution in [-0.4, -0.2) is 37.4 Å². The molecule has 1 amide bonds. The summed E-state index contributed by atoms with van der Waals surface area (Å²) in [5, 5.41) is 0. The van der Waals surface area contributed by atoms with Crippen molar-refractivity contribution in [3.63, 3.8) is 0 Å². The topological polar surface area (TPSA) is 72.9 Å². The van der Waals surface area contributed by atoms with Gasteiger partial charge in [-0.2, -0.15) is 0 Å². The number of esters is 1. The normalized spacial score (nSPS) is 14.0. The first-order chi connectivity index (χ1) is 14.3. The number of carbonyl (C=O) groups excluding carboxylic acids is 3. The highest BCUT2D eigenvalue weighted by Gasteiger charge is 2.22. The summed E-state index contributed by atoms with van der Waals surface area (Å²) in [5.41, 5.74) is 2.07. The number of hydrogen-bond acceptors (Lipinski definition) is 5. The molecule has 0 saturated carbocycles. The lowest BCUT2D eigenvalue weighted by Gasteiger charge is -2.22. The third kappa shape index (κ3) is 5.26. The van der Waals surface area contributed by atoms with Crippen molar-refractivity contribution in [2.24, 2.45) is 0 Å². The second-order valence-corrected chi connectivity index (χ2v) is 8.31. The molecule has 0 bridgehead atoms. The maximum absolute atomic E-state index is 12.3. The number of ether oxygens (including phenoxy) is 2. The minimum atomic E-state index is -0.605. The molecule has 6 nitrogen and oxygen atoms in total. The van der Waals surface area contributed by atoms with E-state index in [0.29, 0.717) is 24.3 Å². The zero-order valence-corrected chi connectivity index (χ0v) is 17.6. The molecule has 0 radical (unpaired) electrons. The lowest BCUT2D eigenvalue weighted by molar-refractivity contribution is -0.144. The minimum absolute atomic E-state index is 0.0936. The molecule has 1 fully saturated rings. The predicted octanol–water partition coefficient (Wildman–Crippen LogP) is 3.92. The highest BCUT2D eigenvalue weighted by molar-refractivity contribution is 5.99. The van der Waals surface area contributed by atoms with Gasteiger partial charge in [0.25, 0.3) is 0 Å². The number of ketones is 1. The fourth-order valence-corrected chi connectivity index (χ4v) is 3.37. The summed E-state index contributed by atoms with van der Waals surface area (Å²) in [5.74, 6) is -0.194. The molecule has 30 heavy (non-hydrogen) atoms. The molecule has 3 rings (SSSR count). The summed E-state index contributed by atoms with van der Waals surface area (Å²) >= 11 is 0.